The van der Waals surface area contributed by atoms with Crippen LogP contribution in [-0.2, 0) is 11.2 Å². The van der Waals surface area contributed by atoms with Gasteiger partial charge in [0.2, 0.25) is 0 Å². The van der Waals surface area contributed by atoms with Crippen LogP contribution in [0.3, 0.4) is 0 Å². The van der Waals surface area contributed by atoms with Gasteiger partial charge < -0.3 is 10.4 Å². The molecular weight excluding hydrogens is 297 g/mol. The normalized spacial score (nSPS) is 10.3. The van der Waals surface area contributed by atoms with E-state index in [0.29, 0.717) is 22.2 Å². The minimum Gasteiger partial charge on any atom is -0.481 e. The third-order valence-electron chi connectivity index (χ3n) is 2.85. The van der Waals surface area contributed by atoms with E-state index >= 15 is 0 Å². The summed E-state index contributed by atoms with van der Waals surface area (Å²) >= 11 is 12.2. The molecule has 2 N–H and O–H groups in total. The van der Waals surface area contributed by atoms with Gasteiger partial charge in [-0.15, -0.1) is 0 Å². The summed E-state index contributed by atoms with van der Waals surface area (Å²) in [5.74, 6) is -0.824. The average Bonchev–Trinajstić information content (AvgIpc) is 2.42. The van der Waals surface area contributed by atoms with E-state index in [-0.39, 0.29) is 6.42 Å². The molecule has 0 bridgehead atoms. The molecular formula is C15H13Cl2NO2. The van der Waals surface area contributed by atoms with Gasteiger partial charge in [-0.2, -0.15) is 0 Å². The highest BCUT2D eigenvalue weighted by Gasteiger charge is 2.09. The maximum atomic E-state index is 10.7. The fourth-order valence-corrected chi connectivity index (χ4v) is 2.35. The van der Waals surface area contributed by atoms with E-state index in [1.165, 1.54) is 0 Å². The molecule has 0 spiro atoms. The van der Waals surface area contributed by atoms with Crippen molar-refractivity contribution in [3.8, 4) is 0 Å². The molecule has 0 unspecified atom stereocenters. The Morgan fingerprint density at radius 3 is 2.35 bits per heavy atom. The number of carbonyl (C=O) groups is 1. The quantitative estimate of drug-likeness (QED) is 0.837. The Hall–Kier alpha value is -1.71. The third-order valence-corrected chi connectivity index (χ3v) is 3.48. The molecule has 3 nitrogen and oxygen atoms in total. The summed E-state index contributed by atoms with van der Waals surface area (Å²) in [6, 6.07) is 12.8. The number of anilines is 2. The molecule has 0 atom stereocenters. The summed E-state index contributed by atoms with van der Waals surface area (Å²) in [6.07, 6.45) is 0.523. The van der Waals surface area contributed by atoms with E-state index in [1.54, 1.807) is 18.2 Å². The number of carboxylic acid groups (broad SMARTS) is 1. The summed E-state index contributed by atoms with van der Waals surface area (Å²) in [7, 11) is 0. The SMILES string of the molecule is O=C(O)CCc1ccccc1Nc1c(Cl)cccc1Cl. The van der Waals surface area contributed by atoms with Crippen LogP contribution in [0.25, 0.3) is 0 Å². The second-order valence-corrected chi connectivity index (χ2v) is 5.09. The second kappa shape index (κ2) is 6.64. The number of benzene rings is 2. The minimum absolute atomic E-state index is 0.0783. The van der Waals surface area contributed by atoms with Crippen molar-refractivity contribution in [2.24, 2.45) is 0 Å². The topological polar surface area (TPSA) is 49.3 Å². The highest BCUT2D eigenvalue weighted by molar-refractivity contribution is 6.39. The largest absolute Gasteiger partial charge is 0.481 e. The fraction of sp³-hybridized carbons (Fsp3) is 0.133. The Balaban J connectivity index is 2.27. The van der Waals surface area contributed by atoms with Crippen LogP contribution in [0.4, 0.5) is 11.4 Å². The van der Waals surface area contributed by atoms with Gasteiger partial charge in [-0.25, -0.2) is 0 Å². The number of carboxylic acids is 1. The van der Waals surface area contributed by atoms with Crippen LogP contribution in [0.5, 0.6) is 0 Å². The molecule has 0 aromatic heterocycles. The molecule has 0 aliphatic carbocycles. The van der Waals surface area contributed by atoms with E-state index in [0.717, 1.165) is 11.3 Å². The number of aryl methyl sites for hydroxylation is 1. The van der Waals surface area contributed by atoms with Crippen LogP contribution in [0.2, 0.25) is 10.0 Å². The number of halogens is 2. The van der Waals surface area contributed by atoms with Crippen molar-refractivity contribution in [3.05, 3.63) is 58.1 Å². The molecule has 0 amide bonds. The predicted molar refractivity (Wildman–Crippen MR) is 82.1 cm³/mol. The molecule has 0 saturated heterocycles. The van der Waals surface area contributed by atoms with Crippen LogP contribution in [-0.4, -0.2) is 11.1 Å². The van der Waals surface area contributed by atoms with Gasteiger partial charge in [-0.05, 0) is 30.2 Å². The van der Waals surface area contributed by atoms with E-state index in [9.17, 15) is 4.79 Å². The summed E-state index contributed by atoms with van der Waals surface area (Å²) in [5, 5.41) is 13.0. The van der Waals surface area contributed by atoms with Gasteiger partial charge in [0, 0.05) is 12.1 Å². The molecule has 0 radical (unpaired) electrons. The second-order valence-electron chi connectivity index (χ2n) is 4.27. The van der Waals surface area contributed by atoms with Crippen molar-refractivity contribution in [2.45, 2.75) is 12.8 Å². The zero-order valence-corrected chi connectivity index (χ0v) is 12.1. The monoisotopic (exact) mass is 309 g/mol. The molecule has 2 aromatic carbocycles. The van der Waals surface area contributed by atoms with Gasteiger partial charge in [-0.3, -0.25) is 4.79 Å². The Morgan fingerprint density at radius 2 is 1.70 bits per heavy atom. The molecule has 0 aliphatic heterocycles. The van der Waals surface area contributed by atoms with E-state index in [1.807, 2.05) is 24.3 Å². The maximum absolute atomic E-state index is 10.7. The first-order valence-corrected chi connectivity index (χ1v) is 6.84. The number of hydrogen-bond acceptors (Lipinski definition) is 2. The van der Waals surface area contributed by atoms with Crippen LogP contribution in [0.1, 0.15) is 12.0 Å². The molecule has 0 fully saturated rings. The van der Waals surface area contributed by atoms with E-state index < -0.39 is 5.97 Å². The zero-order chi connectivity index (χ0) is 14.5. The maximum Gasteiger partial charge on any atom is 0.303 e. The summed E-state index contributed by atoms with van der Waals surface area (Å²) in [6.45, 7) is 0. The summed E-state index contributed by atoms with van der Waals surface area (Å²) < 4.78 is 0. The van der Waals surface area contributed by atoms with Crippen molar-refractivity contribution in [3.63, 3.8) is 0 Å². The summed E-state index contributed by atoms with van der Waals surface area (Å²) in [4.78, 5) is 10.7. The number of rotatable bonds is 5. The predicted octanol–water partition coefficient (Wildman–Crippen LogP) is 4.75. The first-order chi connectivity index (χ1) is 9.58. The van der Waals surface area contributed by atoms with Gasteiger partial charge in [0.1, 0.15) is 0 Å². The van der Waals surface area contributed by atoms with Crippen LogP contribution in [0.15, 0.2) is 42.5 Å². The highest BCUT2D eigenvalue weighted by atomic mass is 35.5. The van der Waals surface area contributed by atoms with Gasteiger partial charge in [0.05, 0.1) is 15.7 Å². The van der Waals surface area contributed by atoms with E-state index in [2.05, 4.69) is 5.32 Å². The van der Waals surface area contributed by atoms with Gasteiger partial charge >= 0.3 is 5.97 Å². The van der Waals surface area contributed by atoms with Crippen molar-refractivity contribution in [2.75, 3.05) is 5.32 Å². The van der Waals surface area contributed by atoms with Gasteiger partial charge in [0.25, 0.3) is 0 Å². The van der Waals surface area contributed by atoms with Crippen molar-refractivity contribution in [1.29, 1.82) is 0 Å². The van der Waals surface area contributed by atoms with Gasteiger partial charge in [0.15, 0.2) is 0 Å². The molecule has 20 heavy (non-hydrogen) atoms. The Bertz CT molecular complexity index is 609. The standard InChI is InChI=1S/C15H13Cl2NO2/c16-11-5-3-6-12(17)15(11)18-13-7-2-1-4-10(13)8-9-14(19)20/h1-7,18H,8-9H2,(H,19,20). The molecule has 0 aliphatic rings. The summed E-state index contributed by atoms with van der Waals surface area (Å²) in [5.41, 5.74) is 2.34. The number of para-hydroxylation sites is 2. The molecule has 2 rings (SSSR count). The first-order valence-electron chi connectivity index (χ1n) is 6.08. The van der Waals surface area contributed by atoms with Crippen molar-refractivity contribution < 1.29 is 9.90 Å². The Labute approximate surface area is 127 Å². The minimum atomic E-state index is -0.824. The third kappa shape index (κ3) is 3.65. The Morgan fingerprint density at radius 1 is 1.05 bits per heavy atom. The Kier molecular flexibility index (Phi) is 4.88. The van der Waals surface area contributed by atoms with Crippen LogP contribution in [0, 0.1) is 0 Å². The lowest BCUT2D eigenvalue weighted by atomic mass is 10.1. The van der Waals surface area contributed by atoms with Crippen LogP contribution >= 0.6 is 23.2 Å². The fourth-order valence-electron chi connectivity index (χ4n) is 1.85. The lowest BCUT2D eigenvalue weighted by molar-refractivity contribution is -0.136. The van der Waals surface area contributed by atoms with Crippen LogP contribution < -0.4 is 5.32 Å². The first kappa shape index (κ1) is 14.7. The molecule has 2 aromatic rings. The number of nitrogens with one attached hydrogen (secondary N) is 1. The highest BCUT2D eigenvalue weighted by Crippen LogP contribution is 2.33. The molecule has 104 valence electrons. The van der Waals surface area contributed by atoms with Crippen molar-refractivity contribution in [1.82, 2.24) is 0 Å². The van der Waals surface area contributed by atoms with Gasteiger partial charge in [-0.1, -0.05) is 47.5 Å². The molecule has 0 heterocycles. The number of aliphatic carboxylic acids is 1. The van der Waals surface area contributed by atoms with Crippen molar-refractivity contribution >= 4 is 40.5 Å². The molecule has 5 heteroatoms. The lowest BCUT2D eigenvalue weighted by Crippen LogP contribution is -2.01. The van der Waals surface area contributed by atoms with E-state index in [4.69, 9.17) is 28.3 Å². The smallest absolute Gasteiger partial charge is 0.303 e. The zero-order valence-electron chi connectivity index (χ0n) is 10.6. The molecule has 0 saturated carbocycles. The lowest BCUT2D eigenvalue weighted by Gasteiger charge is -2.14. The average molecular weight is 310 g/mol. The number of hydrogen-bond donors (Lipinski definition) is 2.